The predicted molar refractivity (Wildman–Crippen MR) is 80.0 cm³/mol. The van der Waals surface area contributed by atoms with Gasteiger partial charge in [-0.15, -0.1) is 0 Å². The van der Waals surface area contributed by atoms with Crippen molar-refractivity contribution in [2.75, 3.05) is 27.9 Å². The maximum Gasteiger partial charge on any atom is 0.203 e. The van der Waals surface area contributed by atoms with Gasteiger partial charge in [-0.2, -0.15) is 0 Å². The molecule has 1 fully saturated rings. The molecule has 1 heterocycles. The molecule has 0 saturated carbocycles. The van der Waals surface area contributed by atoms with Gasteiger partial charge in [-0.1, -0.05) is 0 Å². The van der Waals surface area contributed by atoms with Crippen molar-refractivity contribution in [3.8, 4) is 17.2 Å². The highest BCUT2D eigenvalue weighted by Gasteiger charge is 2.55. The summed E-state index contributed by atoms with van der Waals surface area (Å²) in [6.07, 6.45) is -7.05. The van der Waals surface area contributed by atoms with Crippen LogP contribution in [0.3, 0.4) is 0 Å². The van der Waals surface area contributed by atoms with E-state index in [0.29, 0.717) is 5.75 Å². The molecule has 1 aromatic carbocycles. The summed E-state index contributed by atoms with van der Waals surface area (Å²) < 4.78 is 21.0. The molecule has 0 bridgehead atoms. The molecule has 9 heteroatoms. The summed E-state index contributed by atoms with van der Waals surface area (Å²) in [5.41, 5.74) is -1.83. The normalized spacial score (nSPS) is 33.2. The molecule has 0 spiro atoms. The molecule has 9 nitrogen and oxygen atoms in total. The number of hydrogen-bond donors (Lipinski definition) is 5. The minimum Gasteiger partial charge on any atom is -0.493 e. The molecule has 1 aliphatic rings. The Balaban J connectivity index is 2.66. The van der Waals surface area contributed by atoms with E-state index < -0.39 is 36.8 Å². The number of ether oxygens (including phenoxy) is 4. The first-order chi connectivity index (χ1) is 11.4. The van der Waals surface area contributed by atoms with Crippen LogP contribution in [0.2, 0.25) is 0 Å². The van der Waals surface area contributed by atoms with Gasteiger partial charge in [0.1, 0.15) is 18.3 Å². The molecule has 0 unspecified atom stereocenters. The van der Waals surface area contributed by atoms with Crippen molar-refractivity contribution in [1.29, 1.82) is 0 Å². The van der Waals surface area contributed by atoms with Gasteiger partial charge in [0.05, 0.1) is 27.9 Å². The molecule has 1 aliphatic heterocycles. The van der Waals surface area contributed by atoms with Crippen molar-refractivity contribution in [2.45, 2.75) is 30.2 Å². The molecule has 136 valence electrons. The van der Waals surface area contributed by atoms with E-state index in [1.54, 1.807) is 0 Å². The third-order valence-electron chi connectivity index (χ3n) is 4.17. The van der Waals surface area contributed by atoms with Crippen LogP contribution >= 0.6 is 0 Å². The van der Waals surface area contributed by atoms with Crippen molar-refractivity contribution >= 4 is 0 Å². The standard InChI is InChI=1S/C15H22O9/c1-21-8-5-4-7(11(22-2)12(8)23-3)15(6-16)13(19)9(17)10(18)14(20)24-15/h4-5,9-10,13-14,16-20H,6H2,1-3H3/t9-,10-,13+,14-,15+/m1/s1. The topological polar surface area (TPSA) is 138 Å². The molecule has 5 N–H and O–H groups in total. The second-order valence-corrected chi connectivity index (χ2v) is 5.36. The minimum atomic E-state index is -1.94. The minimum absolute atomic E-state index is 0.0840. The Kier molecular flexibility index (Phi) is 5.53. The van der Waals surface area contributed by atoms with Crippen LogP contribution < -0.4 is 14.2 Å². The summed E-state index contributed by atoms with van der Waals surface area (Å²) in [5.74, 6) is 0.592. The molecular weight excluding hydrogens is 324 g/mol. The summed E-state index contributed by atoms with van der Waals surface area (Å²) in [7, 11) is 4.14. The maximum atomic E-state index is 10.4. The zero-order valence-electron chi connectivity index (χ0n) is 13.5. The zero-order chi connectivity index (χ0) is 18.1. The third kappa shape index (κ3) is 2.69. The van der Waals surface area contributed by atoms with Crippen molar-refractivity contribution in [1.82, 2.24) is 0 Å². The van der Waals surface area contributed by atoms with Gasteiger partial charge >= 0.3 is 0 Å². The average Bonchev–Trinajstić information content (AvgIpc) is 2.61. The van der Waals surface area contributed by atoms with Crippen molar-refractivity contribution in [3.63, 3.8) is 0 Å². The van der Waals surface area contributed by atoms with E-state index in [9.17, 15) is 25.5 Å². The van der Waals surface area contributed by atoms with E-state index in [0.717, 1.165) is 0 Å². The molecule has 2 rings (SSSR count). The van der Waals surface area contributed by atoms with Gasteiger partial charge in [0.2, 0.25) is 5.75 Å². The van der Waals surface area contributed by atoms with Crippen LogP contribution in [0.1, 0.15) is 5.56 Å². The fourth-order valence-corrected chi connectivity index (χ4v) is 2.86. The molecule has 1 aromatic rings. The highest BCUT2D eigenvalue weighted by Crippen LogP contribution is 2.48. The highest BCUT2D eigenvalue weighted by molar-refractivity contribution is 5.58. The van der Waals surface area contributed by atoms with E-state index in [1.807, 2.05) is 0 Å². The lowest BCUT2D eigenvalue weighted by Crippen LogP contribution is -2.64. The van der Waals surface area contributed by atoms with Gasteiger partial charge in [-0.05, 0) is 12.1 Å². The second-order valence-electron chi connectivity index (χ2n) is 5.36. The maximum absolute atomic E-state index is 10.4. The Labute approximate surface area is 138 Å². The van der Waals surface area contributed by atoms with Gasteiger partial charge in [-0.3, -0.25) is 0 Å². The predicted octanol–water partition coefficient (Wildman–Crippen LogP) is -1.67. The monoisotopic (exact) mass is 346 g/mol. The Bertz CT molecular complexity index is 578. The smallest absolute Gasteiger partial charge is 0.203 e. The van der Waals surface area contributed by atoms with Gasteiger partial charge < -0.3 is 44.5 Å². The van der Waals surface area contributed by atoms with Crippen LogP contribution in [-0.2, 0) is 10.3 Å². The molecule has 24 heavy (non-hydrogen) atoms. The SMILES string of the molecule is COc1ccc([C@]2(CO)O[C@@H](O)[C@H](O)[C@@H](O)[C@@H]2O)c(OC)c1OC. The summed E-state index contributed by atoms with van der Waals surface area (Å²) >= 11 is 0. The fourth-order valence-electron chi connectivity index (χ4n) is 2.86. The number of aliphatic hydroxyl groups is 5. The lowest BCUT2D eigenvalue weighted by Gasteiger charge is -2.47. The largest absolute Gasteiger partial charge is 0.493 e. The first-order valence-electron chi connectivity index (χ1n) is 7.18. The second kappa shape index (κ2) is 7.09. The Morgan fingerprint density at radius 1 is 0.958 bits per heavy atom. The number of rotatable bonds is 5. The van der Waals surface area contributed by atoms with Gasteiger partial charge in [0, 0.05) is 5.56 Å². The number of methoxy groups -OCH3 is 3. The first kappa shape index (κ1) is 18.7. The van der Waals surface area contributed by atoms with E-state index >= 15 is 0 Å². The van der Waals surface area contributed by atoms with Gasteiger partial charge in [-0.25, -0.2) is 0 Å². The molecule has 1 saturated heterocycles. The van der Waals surface area contributed by atoms with Crippen LogP contribution in [0.5, 0.6) is 17.2 Å². The summed E-state index contributed by atoms with van der Waals surface area (Å²) in [6.45, 7) is -0.805. The summed E-state index contributed by atoms with van der Waals surface area (Å²) in [4.78, 5) is 0. The van der Waals surface area contributed by atoms with Crippen LogP contribution in [0.15, 0.2) is 12.1 Å². The number of hydrogen-bond acceptors (Lipinski definition) is 9. The van der Waals surface area contributed by atoms with E-state index in [1.165, 1.54) is 33.5 Å². The van der Waals surface area contributed by atoms with Crippen LogP contribution in [0.4, 0.5) is 0 Å². The van der Waals surface area contributed by atoms with Crippen LogP contribution in [0.25, 0.3) is 0 Å². The quantitative estimate of drug-likeness (QED) is 0.424. The molecule has 0 aromatic heterocycles. The summed E-state index contributed by atoms with van der Waals surface area (Å²) in [6, 6.07) is 2.94. The van der Waals surface area contributed by atoms with Crippen molar-refractivity contribution < 1.29 is 44.5 Å². The highest BCUT2D eigenvalue weighted by atomic mass is 16.7. The lowest BCUT2D eigenvalue weighted by molar-refractivity contribution is -0.332. The van der Waals surface area contributed by atoms with E-state index in [2.05, 4.69) is 0 Å². The number of benzene rings is 1. The molecular formula is C15H22O9. The molecule has 0 radical (unpaired) electrons. The van der Waals surface area contributed by atoms with Crippen molar-refractivity contribution in [3.05, 3.63) is 17.7 Å². The Morgan fingerprint density at radius 2 is 1.58 bits per heavy atom. The number of aliphatic hydroxyl groups excluding tert-OH is 5. The molecule has 5 atom stereocenters. The van der Waals surface area contributed by atoms with Gasteiger partial charge in [0.15, 0.2) is 23.4 Å². The first-order valence-corrected chi connectivity index (χ1v) is 7.18. The fraction of sp³-hybridized carbons (Fsp3) is 0.600. The van der Waals surface area contributed by atoms with E-state index in [-0.39, 0.29) is 17.1 Å². The van der Waals surface area contributed by atoms with Crippen LogP contribution in [-0.4, -0.2) is 78.1 Å². The van der Waals surface area contributed by atoms with Crippen molar-refractivity contribution in [2.24, 2.45) is 0 Å². The lowest BCUT2D eigenvalue weighted by atomic mass is 9.81. The third-order valence-corrected chi connectivity index (χ3v) is 4.17. The average molecular weight is 346 g/mol. The van der Waals surface area contributed by atoms with Gasteiger partial charge in [0.25, 0.3) is 0 Å². The molecule has 0 aliphatic carbocycles. The summed E-state index contributed by atoms with van der Waals surface area (Å²) in [5, 5.41) is 49.8. The molecule has 0 amide bonds. The Hall–Kier alpha value is -1.62. The van der Waals surface area contributed by atoms with E-state index in [4.69, 9.17) is 18.9 Å². The zero-order valence-corrected chi connectivity index (χ0v) is 13.5. The Morgan fingerprint density at radius 3 is 2.08 bits per heavy atom. The van der Waals surface area contributed by atoms with Crippen LogP contribution in [0, 0.1) is 0 Å².